The monoisotopic (exact) mass is 266 g/mol. The van der Waals surface area contributed by atoms with Gasteiger partial charge in [-0.2, -0.15) is 13.2 Å². The van der Waals surface area contributed by atoms with Gasteiger partial charge in [-0.1, -0.05) is 30.3 Å². The third kappa shape index (κ3) is 4.96. The van der Waals surface area contributed by atoms with Gasteiger partial charge in [0.15, 0.2) is 0 Å². The van der Waals surface area contributed by atoms with Crippen LogP contribution in [-0.2, 0) is 6.42 Å². The number of benzene rings is 1. The summed E-state index contributed by atoms with van der Waals surface area (Å²) < 4.78 is 37.2. The fraction of sp³-hybridized carbons (Fsp3) is 0.500. The number of aliphatic hydroxyl groups excluding tert-OH is 1. The summed E-state index contributed by atoms with van der Waals surface area (Å²) in [5.74, 6) is -1.74. The van der Waals surface area contributed by atoms with Crippen molar-refractivity contribution >= 4 is 11.6 Å². The average Bonchev–Trinajstić information content (AvgIpc) is 2.25. The van der Waals surface area contributed by atoms with Crippen molar-refractivity contribution in [1.82, 2.24) is 0 Å². The highest BCUT2D eigenvalue weighted by molar-refractivity contribution is 6.20. The van der Waals surface area contributed by atoms with Crippen LogP contribution in [0.25, 0.3) is 0 Å². The Morgan fingerprint density at radius 2 is 1.76 bits per heavy atom. The summed E-state index contributed by atoms with van der Waals surface area (Å²) in [6.45, 7) is -0.915. The van der Waals surface area contributed by atoms with Gasteiger partial charge in [0.05, 0.1) is 12.5 Å². The molecule has 1 aromatic rings. The molecular weight excluding hydrogens is 253 g/mol. The van der Waals surface area contributed by atoms with Crippen LogP contribution in [-0.4, -0.2) is 23.3 Å². The molecule has 0 aliphatic rings. The normalized spacial score (nSPS) is 15.6. The van der Waals surface area contributed by atoms with Crippen LogP contribution in [0.4, 0.5) is 13.2 Å². The van der Waals surface area contributed by atoms with E-state index < -0.39 is 24.1 Å². The van der Waals surface area contributed by atoms with Gasteiger partial charge >= 0.3 is 6.18 Å². The van der Waals surface area contributed by atoms with Gasteiger partial charge in [-0.05, 0) is 18.4 Å². The highest BCUT2D eigenvalue weighted by Crippen LogP contribution is 2.31. The Bertz CT molecular complexity index is 326. The van der Waals surface area contributed by atoms with Crippen LogP contribution in [0, 0.1) is 5.92 Å². The summed E-state index contributed by atoms with van der Waals surface area (Å²) in [6, 6.07) is 9.09. The Morgan fingerprint density at radius 3 is 2.24 bits per heavy atom. The van der Waals surface area contributed by atoms with Crippen molar-refractivity contribution in [2.24, 2.45) is 5.92 Å². The number of aliphatic hydroxyl groups is 1. The van der Waals surface area contributed by atoms with Gasteiger partial charge in [-0.3, -0.25) is 0 Å². The molecule has 0 fully saturated rings. The lowest BCUT2D eigenvalue weighted by Crippen LogP contribution is -2.29. The molecule has 17 heavy (non-hydrogen) atoms. The van der Waals surface area contributed by atoms with E-state index in [1.54, 1.807) is 0 Å². The van der Waals surface area contributed by atoms with Gasteiger partial charge in [0.25, 0.3) is 0 Å². The van der Waals surface area contributed by atoms with Crippen molar-refractivity contribution in [3.8, 4) is 0 Å². The third-order valence-electron chi connectivity index (χ3n) is 2.52. The average molecular weight is 267 g/mol. The van der Waals surface area contributed by atoms with E-state index in [1.807, 2.05) is 30.3 Å². The maximum Gasteiger partial charge on any atom is 0.394 e. The standard InChI is InChI=1S/C12H14ClF3O/c13-11(6-9-4-2-1-3-5-9)7-10(8-17)12(14,15)16/h1-5,10-11,17H,6-8H2. The Labute approximate surface area is 103 Å². The number of rotatable bonds is 5. The zero-order chi connectivity index (χ0) is 12.9. The molecule has 96 valence electrons. The van der Waals surface area contributed by atoms with Crippen molar-refractivity contribution in [3.05, 3.63) is 35.9 Å². The van der Waals surface area contributed by atoms with E-state index in [0.717, 1.165) is 5.56 Å². The number of hydrogen-bond donors (Lipinski definition) is 1. The van der Waals surface area contributed by atoms with Crippen LogP contribution >= 0.6 is 11.6 Å². The van der Waals surface area contributed by atoms with E-state index in [4.69, 9.17) is 16.7 Å². The molecule has 0 amide bonds. The van der Waals surface area contributed by atoms with Crippen LogP contribution in [0.3, 0.4) is 0 Å². The van der Waals surface area contributed by atoms with Crippen molar-refractivity contribution in [2.75, 3.05) is 6.61 Å². The molecule has 0 aromatic heterocycles. The van der Waals surface area contributed by atoms with Gasteiger partial charge in [0.2, 0.25) is 0 Å². The molecule has 0 radical (unpaired) electrons. The van der Waals surface area contributed by atoms with Crippen LogP contribution in [0.2, 0.25) is 0 Å². The minimum Gasteiger partial charge on any atom is -0.396 e. The topological polar surface area (TPSA) is 20.2 Å². The first-order chi connectivity index (χ1) is 7.93. The highest BCUT2D eigenvalue weighted by atomic mass is 35.5. The van der Waals surface area contributed by atoms with Gasteiger partial charge in [0.1, 0.15) is 0 Å². The second kappa shape index (κ2) is 6.26. The smallest absolute Gasteiger partial charge is 0.394 e. The molecule has 1 nitrogen and oxygen atoms in total. The lowest BCUT2D eigenvalue weighted by atomic mass is 9.99. The molecule has 1 rings (SSSR count). The molecule has 0 aliphatic heterocycles. The van der Waals surface area contributed by atoms with Crippen molar-refractivity contribution in [2.45, 2.75) is 24.4 Å². The van der Waals surface area contributed by atoms with Gasteiger partial charge < -0.3 is 5.11 Å². The van der Waals surface area contributed by atoms with E-state index in [9.17, 15) is 13.2 Å². The van der Waals surface area contributed by atoms with Crippen molar-refractivity contribution in [3.63, 3.8) is 0 Å². The maximum absolute atomic E-state index is 12.4. The summed E-state index contributed by atoms with van der Waals surface area (Å²) >= 11 is 5.88. The number of alkyl halides is 4. The molecule has 0 heterocycles. The van der Waals surface area contributed by atoms with Crippen LogP contribution in [0.5, 0.6) is 0 Å². The second-order valence-electron chi connectivity index (χ2n) is 3.94. The zero-order valence-corrected chi connectivity index (χ0v) is 9.88. The maximum atomic E-state index is 12.4. The largest absolute Gasteiger partial charge is 0.396 e. The minimum atomic E-state index is -4.39. The van der Waals surface area contributed by atoms with Crippen LogP contribution in [0.1, 0.15) is 12.0 Å². The SMILES string of the molecule is OCC(CC(Cl)Cc1ccccc1)C(F)(F)F. The molecule has 5 heteroatoms. The molecule has 0 saturated carbocycles. The molecule has 0 spiro atoms. The molecule has 0 bridgehead atoms. The Balaban J connectivity index is 2.51. The summed E-state index contributed by atoms with van der Waals surface area (Å²) in [7, 11) is 0. The van der Waals surface area contributed by atoms with E-state index >= 15 is 0 Å². The van der Waals surface area contributed by atoms with Gasteiger partial charge in [0, 0.05) is 5.38 Å². The van der Waals surface area contributed by atoms with Crippen molar-refractivity contribution < 1.29 is 18.3 Å². The lowest BCUT2D eigenvalue weighted by molar-refractivity contribution is -0.185. The fourth-order valence-electron chi connectivity index (χ4n) is 1.57. The lowest BCUT2D eigenvalue weighted by Gasteiger charge is -2.20. The van der Waals surface area contributed by atoms with Crippen LogP contribution < -0.4 is 0 Å². The van der Waals surface area contributed by atoms with Crippen LogP contribution in [0.15, 0.2) is 30.3 Å². The first-order valence-corrected chi connectivity index (χ1v) is 5.72. The molecule has 2 unspecified atom stereocenters. The van der Waals surface area contributed by atoms with Gasteiger partial charge in [-0.15, -0.1) is 11.6 Å². The third-order valence-corrected chi connectivity index (χ3v) is 2.86. The molecular formula is C12H14ClF3O. The number of halogens is 4. The quantitative estimate of drug-likeness (QED) is 0.810. The molecule has 2 atom stereocenters. The molecule has 0 aliphatic carbocycles. The first-order valence-electron chi connectivity index (χ1n) is 5.29. The highest BCUT2D eigenvalue weighted by Gasteiger charge is 2.39. The second-order valence-corrected chi connectivity index (χ2v) is 4.56. The molecule has 1 aromatic carbocycles. The van der Waals surface area contributed by atoms with E-state index in [-0.39, 0.29) is 6.42 Å². The van der Waals surface area contributed by atoms with Gasteiger partial charge in [-0.25, -0.2) is 0 Å². The summed E-state index contributed by atoms with van der Waals surface area (Å²) in [6.07, 6.45) is -4.29. The van der Waals surface area contributed by atoms with E-state index in [2.05, 4.69) is 0 Å². The predicted molar refractivity (Wildman–Crippen MR) is 61.0 cm³/mol. The minimum absolute atomic E-state index is 0.267. The van der Waals surface area contributed by atoms with E-state index in [0.29, 0.717) is 6.42 Å². The Kier molecular flexibility index (Phi) is 5.28. The first kappa shape index (κ1) is 14.3. The zero-order valence-electron chi connectivity index (χ0n) is 9.12. The summed E-state index contributed by atoms with van der Waals surface area (Å²) in [5, 5.41) is 8.07. The predicted octanol–water partition coefficient (Wildman–Crippen LogP) is 3.40. The molecule has 0 saturated heterocycles. The molecule has 1 N–H and O–H groups in total. The van der Waals surface area contributed by atoms with E-state index in [1.165, 1.54) is 0 Å². The summed E-state index contributed by atoms with van der Waals surface area (Å²) in [5.41, 5.74) is 0.895. The summed E-state index contributed by atoms with van der Waals surface area (Å²) in [4.78, 5) is 0. The Morgan fingerprint density at radius 1 is 1.18 bits per heavy atom. The fourth-order valence-corrected chi connectivity index (χ4v) is 1.97. The Hall–Kier alpha value is -0.740. The number of hydrogen-bond acceptors (Lipinski definition) is 1. The van der Waals surface area contributed by atoms with Crippen molar-refractivity contribution in [1.29, 1.82) is 0 Å².